The second kappa shape index (κ2) is 6.42. The molecular formula is C16H14BrN3O. The fourth-order valence-electron chi connectivity index (χ4n) is 1.91. The van der Waals surface area contributed by atoms with Gasteiger partial charge in [-0.3, -0.25) is 4.79 Å². The number of hydrogen-bond acceptors (Lipinski definition) is 3. The third-order valence-corrected chi connectivity index (χ3v) is 3.65. The van der Waals surface area contributed by atoms with Crippen molar-refractivity contribution in [3.63, 3.8) is 0 Å². The maximum atomic E-state index is 12.2. The average molecular weight is 344 g/mol. The topological polar surface area (TPSA) is 78.9 Å². The first kappa shape index (κ1) is 15.1. The number of benzene rings is 2. The Balaban J connectivity index is 2.10. The van der Waals surface area contributed by atoms with Crippen LogP contribution in [-0.4, -0.2) is 5.91 Å². The molecule has 2 aromatic rings. The van der Waals surface area contributed by atoms with E-state index in [1.54, 1.807) is 24.3 Å². The molecular weight excluding hydrogens is 330 g/mol. The van der Waals surface area contributed by atoms with Crippen molar-refractivity contribution in [2.24, 2.45) is 0 Å². The van der Waals surface area contributed by atoms with Gasteiger partial charge >= 0.3 is 0 Å². The number of nitrogen functional groups attached to an aromatic ring is 1. The molecule has 106 valence electrons. The van der Waals surface area contributed by atoms with Crippen LogP contribution in [0.15, 0.2) is 40.9 Å². The van der Waals surface area contributed by atoms with Crippen LogP contribution in [0.4, 0.5) is 5.69 Å². The maximum Gasteiger partial charge on any atom is 0.251 e. The number of nitrogens with two attached hydrogens (primary N) is 1. The third-order valence-electron chi connectivity index (χ3n) is 3.19. The number of nitriles is 1. The van der Waals surface area contributed by atoms with Crippen LogP contribution in [0.1, 0.15) is 27.0 Å². The van der Waals surface area contributed by atoms with Crippen molar-refractivity contribution in [2.45, 2.75) is 13.5 Å². The van der Waals surface area contributed by atoms with Crippen LogP contribution in [0, 0.1) is 18.3 Å². The summed E-state index contributed by atoms with van der Waals surface area (Å²) in [5, 5.41) is 11.6. The highest BCUT2D eigenvalue weighted by atomic mass is 79.9. The Morgan fingerprint density at radius 3 is 2.62 bits per heavy atom. The normalized spacial score (nSPS) is 9.95. The molecule has 0 aromatic heterocycles. The SMILES string of the molecule is Cc1c(N)cc(Br)cc1C(=O)NCc1ccc(C#N)cc1. The van der Waals surface area contributed by atoms with Crippen LogP contribution in [0.2, 0.25) is 0 Å². The van der Waals surface area contributed by atoms with Gasteiger partial charge in [-0.2, -0.15) is 5.26 Å². The largest absolute Gasteiger partial charge is 0.398 e. The van der Waals surface area contributed by atoms with Gasteiger partial charge in [0.05, 0.1) is 11.6 Å². The number of anilines is 1. The summed E-state index contributed by atoms with van der Waals surface area (Å²) in [5.74, 6) is -0.176. The molecule has 0 bridgehead atoms. The summed E-state index contributed by atoms with van der Waals surface area (Å²) < 4.78 is 0.772. The van der Waals surface area contributed by atoms with Crippen molar-refractivity contribution in [2.75, 3.05) is 5.73 Å². The van der Waals surface area contributed by atoms with Crippen molar-refractivity contribution in [3.8, 4) is 6.07 Å². The molecule has 0 radical (unpaired) electrons. The van der Waals surface area contributed by atoms with Gasteiger partial charge in [-0.25, -0.2) is 0 Å². The van der Waals surface area contributed by atoms with Crippen LogP contribution in [0.5, 0.6) is 0 Å². The maximum absolute atomic E-state index is 12.2. The average Bonchev–Trinajstić information content (AvgIpc) is 2.49. The molecule has 3 N–H and O–H groups in total. The standard InChI is InChI=1S/C16H14BrN3O/c1-10-14(6-13(17)7-15(10)19)16(21)20-9-12-4-2-11(8-18)3-5-12/h2-7H,9,19H2,1H3,(H,20,21). The molecule has 0 fully saturated rings. The molecule has 0 spiro atoms. The van der Waals surface area contributed by atoms with E-state index in [4.69, 9.17) is 11.0 Å². The fourth-order valence-corrected chi connectivity index (χ4v) is 2.39. The van der Waals surface area contributed by atoms with Gasteiger partial charge in [0.1, 0.15) is 0 Å². The van der Waals surface area contributed by atoms with E-state index < -0.39 is 0 Å². The molecule has 2 rings (SSSR count). The first-order chi connectivity index (χ1) is 10.0. The predicted octanol–water partition coefficient (Wildman–Crippen LogP) is 3.14. The Bertz CT molecular complexity index is 718. The lowest BCUT2D eigenvalue weighted by Crippen LogP contribution is -2.24. The Hall–Kier alpha value is -2.32. The van der Waals surface area contributed by atoms with E-state index in [9.17, 15) is 4.79 Å². The van der Waals surface area contributed by atoms with E-state index in [-0.39, 0.29) is 5.91 Å². The molecule has 0 unspecified atom stereocenters. The molecule has 1 amide bonds. The van der Waals surface area contributed by atoms with Gasteiger partial charge in [0.2, 0.25) is 0 Å². The lowest BCUT2D eigenvalue weighted by molar-refractivity contribution is 0.0950. The van der Waals surface area contributed by atoms with Crippen LogP contribution in [0.25, 0.3) is 0 Å². The molecule has 4 nitrogen and oxygen atoms in total. The molecule has 0 saturated carbocycles. The molecule has 0 aliphatic heterocycles. The van der Waals surface area contributed by atoms with Gasteiger partial charge in [-0.15, -0.1) is 0 Å². The van der Waals surface area contributed by atoms with E-state index in [0.29, 0.717) is 23.4 Å². The van der Waals surface area contributed by atoms with Crippen molar-refractivity contribution in [3.05, 3.63) is 63.1 Å². The highest BCUT2D eigenvalue weighted by molar-refractivity contribution is 9.10. The minimum atomic E-state index is -0.176. The summed E-state index contributed by atoms with van der Waals surface area (Å²) in [6, 6.07) is 12.7. The van der Waals surface area contributed by atoms with E-state index in [1.807, 2.05) is 19.1 Å². The summed E-state index contributed by atoms with van der Waals surface area (Å²) in [6.45, 7) is 2.22. The molecule has 0 heterocycles. The number of amides is 1. The van der Waals surface area contributed by atoms with E-state index in [2.05, 4.69) is 27.3 Å². The minimum Gasteiger partial charge on any atom is -0.398 e. The Kier molecular flexibility index (Phi) is 4.61. The molecule has 0 aliphatic rings. The zero-order valence-corrected chi connectivity index (χ0v) is 13.1. The van der Waals surface area contributed by atoms with Crippen LogP contribution in [-0.2, 0) is 6.54 Å². The highest BCUT2D eigenvalue weighted by Crippen LogP contribution is 2.22. The lowest BCUT2D eigenvalue weighted by atomic mass is 10.1. The summed E-state index contributed by atoms with van der Waals surface area (Å²) in [7, 11) is 0. The smallest absolute Gasteiger partial charge is 0.251 e. The van der Waals surface area contributed by atoms with E-state index in [0.717, 1.165) is 15.6 Å². The first-order valence-electron chi connectivity index (χ1n) is 6.34. The quantitative estimate of drug-likeness (QED) is 0.840. The highest BCUT2D eigenvalue weighted by Gasteiger charge is 2.12. The summed E-state index contributed by atoms with van der Waals surface area (Å²) in [6.07, 6.45) is 0. The second-order valence-electron chi connectivity index (χ2n) is 4.66. The number of carbonyl (C=O) groups is 1. The van der Waals surface area contributed by atoms with Crippen molar-refractivity contribution >= 4 is 27.5 Å². The lowest BCUT2D eigenvalue weighted by Gasteiger charge is -2.10. The molecule has 5 heteroatoms. The van der Waals surface area contributed by atoms with Gasteiger partial charge in [0.15, 0.2) is 0 Å². The summed E-state index contributed by atoms with van der Waals surface area (Å²) in [4.78, 5) is 12.2. The number of carbonyl (C=O) groups excluding carboxylic acids is 1. The van der Waals surface area contributed by atoms with Gasteiger partial charge < -0.3 is 11.1 Å². The summed E-state index contributed by atoms with van der Waals surface area (Å²) >= 11 is 3.34. The number of hydrogen-bond donors (Lipinski definition) is 2. The summed E-state index contributed by atoms with van der Waals surface area (Å²) in [5.41, 5.74) is 9.28. The van der Waals surface area contributed by atoms with Crippen LogP contribution in [0.3, 0.4) is 0 Å². The van der Waals surface area contributed by atoms with Crippen molar-refractivity contribution < 1.29 is 4.79 Å². The Morgan fingerprint density at radius 1 is 1.33 bits per heavy atom. The minimum absolute atomic E-state index is 0.176. The van der Waals surface area contributed by atoms with E-state index in [1.165, 1.54) is 0 Å². The fraction of sp³-hybridized carbons (Fsp3) is 0.125. The number of nitrogens with zero attached hydrogens (tertiary/aromatic N) is 1. The van der Waals surface area contributed by atoms with Crippen LogP contribution < -0.4 is 11.1 Å². The van der Waals surface area contributed by atoms with Gasteiger partial charge in [0, 0.05) is 22.3 Å². The van der Waals surface area contributed by atoms with Crippen LogP contribution >= 0.6 is 15.9 Å². The Morgan fingerprint density at radius 2 is 2.00 bits per heavy atom. The third kappa shape index (κ3) is 3.61. The number of halogens is 1. The van der Waals surface area contributed by atoms with E-state index >= 15 is 0 Å². The molecule has 21 heavy (non-hydrogen) atoms. The monoisotopic (exact) mass is 343 g/mol. The van der Waals surface area contributed by atoms with Gasteiger partial charge in [0.25, 0.3) is 5.91 Å². The van der Waals surface area contributed by atoms with Crippen molar-refractivity contribution in [1.29, 1.82) is 5.26 Å². The predicted molar refractivity (Wildman–Crippen MR) is 85.6 cm³/mol. The van der Waals surface area contributed by atoms with Crippen molar-refractivity contribution in [1.82, 2.24) is 5.32 Å². The molecule has 2 aromatic carbocycles. The molecule has 0 aliphatic carbocycles. The zero-order chi connectivity index (χ0) is 15.4. The van der Waals surface area contributed by atoms with Gasteiger partial charge in [-0.1, -0.05) is 28.1 Å². The zero-order valence-electron chi connectivity index (χ0n) is 11.5. The van der Waals surface area contributed by atoms with Gasteiger partial charge in [-0.05, 0) is 42.3 Å². The molecule has 0 atom stereocenters. The second-order valence-corrected chi connectivity index (χ2v) is 5.57. The number of rotatable bonds is 3. The Labute approximate surface area is 131 Å². The first-order valence-corrected chi connectivity index (χ1v) is 7.13. The number of nitrogens with one attached hydrogen (secondary N) is 1. The molecule has 0 saturated heterocycles.